The van der Waals surface area contributed by atoms with Gasteiger partial charge in [0, 0.05) is 25.4 Å². The van der Waals surface area contributed by atoms with Crippen molar-refractivity contribution < 1.29 is 9.47 Å². The first kappa shape index (κ1) is 14.2. The number of methoxy groups -OCH3 is 1. The molecule has 0 heterocycles. The van der Waals surface area contributed by atoms with Crippen LogP contribution in [-0.2, 0) is 4.74 Å². The number of ether oxygens (including phenoxy) is 2. The van der Waals surface area contributed by atoms with Gasteiger partial charge in [-0.3, -0.25) is 0 Å². The molecule has 1 aromatic carbocycles. The molecule has 0 atom stereocenters. The number of nitrogens with zero attached hydrogens (tertiary/aromatic N) is 1. The summed E-state index contributed by atoms with van der Waals surface area (Å²) in [4.78, 5) is 2.11. The van der Waals surface area contributed by atoms with Gasteiger partial charge in [0.2, 0.25) is 0 Å². The molecular weight excluding hydrogens is 240 g/mol. The van der Waals surface area contributed by atoms with Gasteiger partial charge in [-0.2, -0.15) is 0 Å². The van der Waals surface area contributed by atoms with Crippen LogP contribution in [0.4, 0.5) is 5.69 Å². The number of benzene rings is 1. The Balaban J connectivity index is 1.72. The minimum absolute atomic E-state index is 0.436. The van der Waals surface area contributed by atoms with Crippen molar-refractivity contribution in [3.63, 3.8) is 0 Å². The largest absolute Gasteiger partial charge is 0.492 e. The summed E-state index contributed by atoms with van der Waals surface area (Å²) < 4.78 is 10.9. The molecule has 1 fully saturated rings. The summed E-state index contributed by atoms with van der Waals surface area (Å²) in [6.07, 6.45) is 2.63. The quantitative estimate of drug-likeness (QED) is 0.819. The van der Waals surface area contributed by atoms with Gasteiger partial charge in [0.15, 0.2) is 0 Å². The third-order valence-electron chi connectivity index (χ3n) is 3.46. The summed E-state index contributed by atoms with van der Waals surface area (Å²) in [7, 11) is 5.87. The lowest BCUT2D eigenvalue weighted by Gasteiger charge is -2.35. The second-order valence-corrected chi connectivity index (χ2v) is 5.35. The molecule has 106 valence electrons. The highest BCUT2D eigenvalue weighted by Gasteiger charge is 2.28. The Bertz CT molecular complexity index is 372. The number of hydrogen-bond donors (Lipinski definition) is 1. The number of likely N-dealkylation sites (N-methyl/N-ethyl adjacent to an activating group) is 1. The average Bonchev–Trinajstić information content (AvgIpc) is 2.34. The Kier molecular flexibility index (Phi) is 5.05. The molecule has 0 spiro atoms. The van der Waals surface area contributed by atoms with E-state index in [4.69, 9.17) is 9.47 Å². The van der Waals surface area contributed by atoms with Crippen LogP contribution in [0.2, 0.25) is 0 Å². The summed E-state index contributed by atoms with van der Waals surface area (Å²) in [5.41, 5.74) is 1.15. The molecule has 0 aliphatic heterocycles. The molecule has 1 saturated carbocycles. The van der Waals surface area contributed by atoms with E-state index in [-0.39, 0.29) is 0 Å². The molecule has 0 aromatic heterocycles. The van der Waals surface area contributed by atoms with E-state index in [9.17, 15) is 0 Å². The van der Waals surface area contributed by atoms with Crippen molar-refractivity contribution in [1.29, 1.82) is 0 Å². The molecule has 0 unspecified atom stereocenters. The molecule has 4 heteroatoms. The van der Waals surface area contributed by atoms with Crippen molar-refractivity contribution in [1.82, 2.24) is 4.90 Å². The molecule has 1 aliphatic rings. The van der Waals surface area contributed by atoms with Crippen LogP contribution in [-0.4, -0.2) is 51.4 Å². The maximum absolute atomic E-state index is 5.66. The second kappa shape index (κ2) is 6.78. The summed E-state index contributed by atoms with van der Waals surface area (Å²) in [5.74, 6) is 0.927. The average molecular weight is 264 g/mol. The van der Waals surface area contributed by atoms with Crippen molar-refractivity contribution in [3.05, 3.63) is 24.3 Å². The third kappa shape index (κ3) is 4.40. The van der Waals surface area contributed by atoms with Gasteiger partial charge in [-0.25, -0.2) is 0 Å². The zero-order chi connectivity index (χ0) is 13.7. The predicted molar refractivity (Wildman–Crippen MR) is 77.9 cm³/mol. The van der Waals surface area contributed by atoms with E-state index in [1.54, 1.807) is 7.11 Å². The predicted octanol–water partition coefficient (Wildman–Crippen LogP) is 2.22. The Labute approximate surface area is 115 Å². The number of rotatable bonds is 7. The fourth-order valence-electron chi connectivity index (χ4n) is 2.11. The molecule has 0 amide bonds. The Hall–Kier alpha value is -1.26. The van der Waals surface area contributed by atoms with Crippen LogP contribution in [0.25, 0.3) is 0 Å². The normalized spacial score (nSPS) is 22.1. The van der Waals surface area contributed by atoms with E-state index >= 15 is 0 Å². The summed E-state index contributed by atoms with van der Waals surface area (Å²) in [6, 6.07) is 8.73. The highest BCUT2D eigenvalue weighted by atomic mass is 16.5. The van der Waals surface area contributed by atoms with E-state index in [1.807, 2.05) is 26.2 Å². The van der Waals surface area contributed by atoms with Crippen molar-refractivity contribution in [2.75, 3.05) is 39.7 Å². The van der Waals surface area contributed by atoms with Gasteiger partial charge in [-0.1, -0.05) is 0 Å². The molecule has 1 aromatic rings. The molecule has 0 radical (unpaired) electrons. The Morgan fingerprint density at radius 2 is 1.89 bits per heavy atom. The Morgan fingerprint density at radius 3 is 2.47 bits per heavy atom. The van der Waals surface area contributed by atoms with E-state index in [0.29, 0.717) is 12.1 Å². The van der Waals surface area contributed by atoms with Gasteiger partial charge in [0.1, 0.15) is 12.4 Å². The molecule has 4 nitrogen and oxygen atoms in total. The zero-order valence-corrected chi connectivity index (χ0v) is 12.1. The van der Waals surface area contributed by atoms with E-state index in [2.05, 4.69) is 22.3 Å². The summed E-state index contributed by atoms with van der Waals surface area (Å²) in [6.45, 7) is 1.65. The standard InChI is InChI=1S/C15H24N2O2/c1-17(2)8-9-19-14-6-4-12(5-7-14)16-13-10-15(11-13)18-3/h4-7,13,15-16H,8-11H2,1-3H3. The number of nitrogens with one attached hydrogen (secondary N) is 1. The lowest BCUT2D eigenvalue weighted by atomic mass is 9.89. The van der Waals surface area contributed by atoms with Gasteiger partial charge in [-0.15, -0.1) is 0 Å². The first-order valence-corrected chi connectivity index (χ1v) is 6.84. The Morgan fingerprint density at radius 1 is 1.21 bits per heavy atom. The van der Waals surface area contributed by atoms with Crippen LogP contribution in [0.5, 0.6) is 5.75 Å². The molecule has 0 bridgehead atoms. The highest BCUT2D eigenvalue weighted by molar-refractivity contribution is 5.47. The maximum atomic E-state index is 5.66. The molecule has 1 N–H and O–H groups in total. The molecular formula is C15H24N2O2. The monoisotopic (exact) mass is 264 g/mol. The highest BCUT2D eigenvalue weighted by Crippen LogP contribution is 2.27. The third-order valence-corrected chi connectivity index (χ3v) is 3.46. The lowest BCUT2D eigenvalue weighted by Crippen LogP contribution is -2.40. The smallest absolute Gasteiger partial charge is 0.119 e. The molecule has 2 rings (SSSR count). The van der Waals surface area contributed by atoms with Gasteiger partial charge in [0.05, 0.1) is 6.10 Å². The minimum Gasteiger partial charge on any atom is -0.492 e. The number of anilines is 1. The minimum atomic E-state index is 0.436. The van der Waals surface area contributed by atoms with Crippen LogP contribution in [0.3, 0.4) is 0 Å². The molecule has 19 heavy (non-hydrogen) atoms. The summed E-state index contributed by atoms with van der Waals surface area (Å²) in [5, 5.41) is 3.50. The van der Waals surface area contributed by atoms with Crippen LogP contribution in [0.15, 0.2) is 24.3 Å². The fraction of sp³-hybridized carbons (Fsp3) is 0.600. The zero-order valence-electron chi connectivity index (χ0n) is 12.1. The maximum Gasteiger partial charge on any atom is 0.119 e. The van der Waals surface area contributed by atoms with E-state index in [1.165, 1.54) is 0 Å². The fourth-order valence-corrected chi connectivity index (χ4v) is 2.11. The van der Waals surface area contributed by atoms with Crippen LogP contribution in [0.1, 0.15) is 12.8 Å². The van der Waals surface area contributed by atoms with Crippen molar-refractivity contribution in [3.8, 4) is 5.75 Å². The van der Waals surface area contributed by atoms with Crippen LogP contribution >= 0.6 is 0 Å². The van der Waals surface area contributed by atoms with Gasteiger partial charge in [0.25, 0.3) is 0 Å². The van der Waals surface area contributed by atoms with Crippen molar-refractivity contribution in [2.24, 2.45) is 0 Å². The van der Waals surface area contributed by atoms with Gasteiger partial charge >= 0.3 is 0 Å². The summed E-state index contributed by atoms with van der Waals surface area (Å²) >= 11 is 0. The van der Waals surface area contributed by atoms with Crippen LogP contribution < -0.4 is 10.1 Å². The first-order valence-electron chi connectivity index (χ1n) is 6.84. The number of hydrogen-bond acceptors (Lipinski definition) is 4. The van der Waals surface area contributed by atoms with Gasteiger partial charge in [-0.05, 0) is 51.2 Å². The van der Waals surface area contributed by atoms with Crippen molar-refractivity contribution in [2.45, 2.75) is 25.0 Å². The molecule has 0 saturated heterocycles. The van der Waals surface area contributed by atoms with Crippen LogP contribution in [0, 0.1) is 0 Å². The SMILES string of the molecule is COC1CC(Nc2ccc(OCCN(C)C)cc2)C1. The van der Waals surface area contributed by atoms with Crippen molar-refractivity contribution >= 4 is 5.69 Å². The first-order chi connectivity index (χ1) is 9.17. The van der Waals surface area contributed by atoms with E-state index in [0.717, 1.165) is 37.4 Å². The second-order valence-electron chi connectivity index (χ2n) is 5.35. The molecule has 1 aliphatic carbocycles. The topological polar surface area (TPSA) is 33.7 Å². The lowest BCUT2D eigenvalue weighted by molar-refractivity contribution is 0.0329. The van der Waals surface area contributed by atoms with E-state index < -0.39 is 0 Å². The van der Waals surface area contributed by atoms with Gasteiger partial charge < -0.3 is 19.7 Å².